The summed E-state index contributed by atoms with van der Waals surface area (Å²) in [5, 5.41) is 3.00. The van der Waals surface area contributed by atoms with Crippen molar-refractivity contribution in [1.29, 1.82) is 0 Å². The first-order valence-electron chi connectivity index (χ1n) is 7.67. The maximum Gasteiger partial charge on any atom is 0.263 e. The molecule has 1 fully saturated rings. The molecule has 0 radical (unpaired) electrons. The first kappa shape index (κ1) is 20.4. The molecule has 1 aliphatic rings. The molecule has 1 N–H and O–H groups in total. The Bertz CT molecular complexity index is 276. The van der Waals surface area contributed by atoms with E-state index in [-0.39, 0.29) is 13.1 Å². The molecule has 0 aromatic heterocycles. The van der Waals surface area contributed by atoms with Crippen LogP contribution in [-0.2, 0) is 9.53 Å². The summed E-state index contributed by atoms with van der Waals surface area (Å²) in [4.78, 5) is 11.7. The van der Waals surface area contributed by atoms with Gasteiger partial charge in [-0.1, -0.05) is 6.92 Å². The minimum Gasteiger partial charge on any atom is -0.377 e. The fourth-order valence-electron chi connectivity index (χ4n) is 2.22. The number of ether oxygens (including phenoxy) is 1. The number of carbonyl (C=O) groups excluding carboxylic acids is 1. The zero-order valence-electron chi connectivity index (χ0n) is 13.7. The Hall–Kier alpha value is -0.590. The van der Waals surface area contributed by atoms with Crippen LogP contribution in [0.2, 0.25) is 0 Å². The van der Waals surface area contributed by atoms with Crippen LogP contribution in [0.1, 0.15) is 33.6 Å². The minimum atomic E-state index is -2.62. The van der Waals surface area contributed by atoms with E-state index in [1.54, 1.807) is 6.92 Å². The van der Waals surface area contributed by atoms with Gasteiger partial charge in [0, 0.05) is 12.5 Å². The molecule has 0 saturated carbocycles. The number of nitrogens with zero attached hydrogens (tertiary/aromatic N) is 1. The van der Waals surface area contributed by atoms with Gasteiger partial charge in [-0.3, -0.25) is 4.90 Å². The van der Waals surface area contributed by atoms with Crippen molar-refractivity contribution < 1.29 is 18.3 Å². The SMILES string of the molecule is CCC1CCN(CC=O)CC1(F)F.CNCCOC(C)C. The molecule has 1 aliphatic heterocycles. The van der Waals surface area contributed by atoms with Crippen molar-refractivity contribution in [2.45, 2.75) is 45.6 Å². The van der Waals surface area contributed by atoms with Crippen LogP contribution in [0.15, 0.2) is 0 Å². The Morgan fingerprint density at radius 1 is 1.48 bits per heavy atom. The monoisotopic (exact) mass is 308 g/mol. The number of hydrogen-bond donors (Lipinski definition) is 1. The van der Waals surface area contributed by atoms with E-state index in [0.29, 0.717) is 31.8 Å². The summed E-state index contributed by atoms with van der Waals surface area (Å²) in [6.45, 7) is 8.11. The minimum absolute atomic E-state index is 0.131. The zero-order valence-corrected chi connectivity index (χ0v) is 13.7. The quantitative estimate of drug-likeness (QED) is 0.578. The molecule has 6 heteroatoms. The molecule has 126 valence electrons. The van der Waals surface area contributed by atoms with E-state index in [4.69, 9.17) is 4.74 Å². The van der Waals surface area contributed by atoms with Gasteiger partial charge in [-0.25, -0.2) is 8.78 Å². The summed E-state index contributed by atoms with van der Waals surface area (Å²) < 4.78 is 31.8. The second kappa shape index (κ2) is 11.0. The number of nitrogens with one attached hydrogen (secondary N) is 1. The van der Waals surface area contributed by atoms with E-state index in [1.807, 2.05) is 20.9 Å². The largest absolute Gasteiger partial charge is 0.377 e. The zero-order chi connectivity index (χ0) is 16.3. The average Bonchev–Trinajstić information content (AvgIpc) is 2.39. The van der Waals surface area contributed by atoms with E-state index < -0.39 is 11.8 Å². The molecule has 1 unspecified atom stereocenters. The molecular formula is C15H30F2N2O2. The predicted molar refractivity (Wildman–Crippen MR) is 80.9 cm³/mol. The molecule has 0 aromatic rings. The highest BCUT2D eigenvalue weighted by Crippen LogP contribution is 2.34. The number of rotatable bonds is 7. The Labute approximate surface area is 127 Å². The highest BCUT2D eigenvalue weighted by Gasteiger charge is 2.42. The molecule has 0 aromatic carbocycles. The van der Waals surface area contributed by atoms with Crippen LogP contribution in [-0.4, -0.2) is 63.0 Å². The number of alkyl halides is 2. The Kier molecular flexibility index (Phi) is 10.7. The predicted octanol–water partition coefficient (Wildman–Crippen LogP) is 2.18. The van der Waals surface area contributed by atoms with Crippen molar-refractivity contribution in [3.63, 3.8) is 0 Å². The molecule has 1 atom stereocenters. The summed E-state index contributed by atoms with van der Waals surface area (Å²) in [6.07, 6.45) is 2.06. The Morgan fingerprint density at radius 2 is 2.14 bits per heavy atom. The van der Waals surface area contributed by atoms with Gasteiger partial charge in [-0.15, -0.1) is 0 Å². The lowest BCUT2D eigenvalue weighted by Gasteiger charge is -2.37. The lowest BCUT2D eigenvalue weighted by atomic mass is 9.90. The molecule has 21 heavy (non-hydrogen) atoms. The fourth-order valence-corrected chi connectivity index (χ4v) is 2.22. The van der Waals surface area contributed by atoms with Crippen LogP contribution in [0, 0.1) is 5.92 Å². The maximum absolute atomic E-state index is 13.3. The van der Waals surface area contributed by atoms with Crippen molar-refractivity contribution >= 4 is 6.29 Å². The number of likely N-dealkylation sites (N-methyl/N-ethyl adjacent to an activating group) is 1. The van der Waals surface area contributed by atoms with Gasteiger partial charge in [-0.05, 0) is 40.3 Å². The second-order valence-corrected chi connectivity index (χ2v) is 5.58. The van der Waals surface area contributed by atoms with Gasteiger partial charge in [-0.2, -0.15) is 0 Å². The summed E-state index contributed by atoms with van der Waals surface area (Å²) in [5.41, 5.74) is 0. The molecule has 0 aliphatic carbocycles. The summed E-state index contributed by atoms with van der Waals surface area (Å²) in [6, 6.07) is 0. The third-order valence-corrected chi connectivity index (χ3v) is 3.45. The number of halogens is 2. The van der Waals surface area contributed by atoms with Crippen molar-refractivity contribution in [1.82, 2.24) is 10.2 Å². The van der Waals surface area contributed by atoms with Gasteiger partial charge in [0.1, 0.15) is 6.29 Å². The summed E-state index contributed by atoms with van der Waals surface area (Å²) in [5.74, 6) is -3.12. The van der Waals surface area contributed by atoms with Crippen LogP contribution in [0.4, 0.5) is 8.78 Å². The van der Waals surface area contributed by atoms with E-state index in [0.717, 1.165) is 13.2 Å². The van der Waals surface area contributed by atoms with Gasteiger partial charge in [0.2, 0.25) is 0 Å². The average molecular weight is 308 g/mol. The highest BCUT2D eigenvalue weighted by molar-refractivity contribution is 5.52. The number of hydrogen-bond acceptors (Lipinski definition) is 4. The lowest BCUT2D eigenvalue weighted by molar-refractivity contribution is -0.121. The van der Waals surface area contributed by atoms with Gasteiger partial charge in [0.05, 0.1) is 25.8 Å². The third-order valence-electron chi connectivity index (χ3n) is 3.45. The molecule has 1 rings (SSSR count). The van der Waals surface area contributed by atoms with Crippen LogP contribution in [0.5, 0.6) is 0 Å². The molecule has 0 spiro atoms. The molecule has 0 bridgehead atoms. The fraction of sp³-hybridized carbons (Fsp3) is 0.933. The summed E-state index contributed by atoms with van der Waals surface area (Å²) >= 11 is 0. The van der Waals surface area contributed by atoms with Crippen molar-refractivity contribution in [2.75, 3.05) is 39.8 Å². The van der Waals surface area contributed by atoms with E-state index in [2.05, 4.69) is 5.32 Å². The number of piperidine rings is 1. The standard InChI is InChI=1S/C9H15F2NO.C6H15NO/c1-2-8-3-4-12(5-6-13)7-9(8,10)11;1-6(2)8-5-4-7-3/h6,8H,2-5,7H2,1H3;6-7H,4-5H2,1-3H3. The molecule has 4 nitrogen and oxygen atoms in total. The van der Waals surface area contributed by atoms with E-state index >= 15 is 0 Å². The Morgan fingerprint density at radius 3 is 2.57 bits per heavy atom. The van der Waals surface area contributed by atoms with Gasteiger partial charge >= 0.3 is 0 Å². The van der Waals surface area contributed by atoms with Gasteiger partial charge < -0.3 is 14.8 Å². The van der Waals surface area contributed by atoms with Crippen molar-refractivity contribution in [2.24, 2.45) is 5.92 Å². The first-order chi connectivity index (χ1) is 9.87. The molecule has 1 saturated heterocycles. The maximum atomic E-state index is 13.3. The summed E-state index contributed by atoms with van der Waals surface area (Å²) in [7, 11) is 1.92. The molecular weight excluding hydrogens is 278 g/mol. The Balaban J connectivity index is 0.000000433. The van der Waals surface area contributed by atoms with Crippen LogP contribution >= 0.6 is 0 Å². The number of likely N-dealkylation sites (tertiary alicyclic amines) is 1. The first-order valence-corrected chi connectivity index (χ1v) is 7.67. The van der Waals surface area contributed by atoms with Gasteiger partial charge in [0.15, 0.2) is 0 Å². The van der Waals surface area contributed by atoms with Gasteiger partial charge in [0.25, 0.3) is 5.92 Å². The third kappa shape index (κ3) is 9.11. The number of carbonyl (C=O) groups is 1. The highest BCUT2D eigenvalue weighted by atomic mass is 19.3. The van der Waals surface area contributed by atoms with Crippen LogP contribution in [0.3, 0.4) is 0 Å². The van der Waals surface area contributed by atoms with E-state index in [1.165, 1.54) is 4.90 Å². The van der Waals surface area contributed by atoms with Crippen LogP contribution in [0.25, 0.3) is 0 Å². The van der Waals surface area contributed by atoms with Crippen molar-refractivity contribution in [3.8, 4) is 0 Å². The van der Waals surface area contributed by atoms with E-state index in [9.17, 15) is 13.6 Å². The van der Waals surface area contributed by atoms with Crippen LogP contribution < -0.4 is 5.32 Å². The smallest absolute Gasteiger partial charge is 0.263 e. The topological polar surface area (TPSA) is 41.6 Å². The number of aldehydes is 1. The lowest BCUT2D eigenvalue weighted by Crippen LogP contribution is -2.48. The molecule has 0 amide bonds. The second-order valence-electron chi connectivity index (χ2n) is 5.58. The van der Waals surface area contributed by atoms with Crippen molar-refractivity contribution in [3.05, 3.63) is 0 Å². The molecule has 1 heterocycles. The normalized spacial score (nSPS) is 21.8.